The van der Waals surface area contributed by atoms with Gasteiger partial charge in [-0.1, -0.05) is 6.42 Å². The SMILES string of the molecule is CC(C)(C)OC(=O)NCC1CCCC1Nc1ccc(O)cc1. The lowest BCUT2D eigenvalue weighted by Gasteiger charge is -2.24. The summed E-state index contributed by atoms with van der Waals surface area (Å²) in [6, 6.07) is 7.41. The first kappa shape index (κ1) is 16.5. The van der Waals surface area contributed by atoms with Crippen LogP contribution in [0.3, 0.4) is 0 Å². The van der Waals surface area contributed by atoms with E-state index >= 15 is 0 Å². The Morgan fingerprint density at radius 2 is 1.95 bits per heavy atom. The molecule has 1 aromatic rings. The fourth-order valence-corrected chi connectivity index (χ4v) is 2.77. The third-order valence-electron chi connectivity index (χ3n) is 3.79. The number of phenolic OH excluding ortho intramolecular Hbond substituents is 1. The smallest absolute Gasteiger partial charge is 0.407 e. The molecule has 1 amide bonds. The average molecular weight is 306 g/mol. The molecule has 2 rings (SSSR count). The van der Waals surface area contributed by atoms with E-state index in [-0.39, 0.29) is 11.8 Å². The van der Waals surface area contributed by atoms with Crippen molar-refractivity contribution in [1.29, 1.82) is 0 Å². The average Bonchev–Trinajstić information content (AvgIpc) is 2.84. The van der Waals surface area contributed by atoms with Crippen LogP contribution in [0.1, 0.15) is 40.0 Å². The third kappa shape index (κ3) is 5.13. The van der Waals surface area contributed by atoms with E-state index in [4.69, 9.17) is 4.74 Å². The van der Waals surface area contributed by atoms with Crippen LogP contribution in [0, 0.1) is 5.92 Å². The van der Waals surface area contributed by atoms with Crippen molar-refractivity contribution in [1.82, 2.24) is 5.32 Å². The molecule has 2 unspecified atom stereocenters. The summed E-state index contributed by atoms with van der Waals surface area (Å²) in [6.45, 7) is 6.19. The Morgan fingerprint density at radius 3 is 2.59 bits per heavy atom. The first-order chi connectivity index (χ1) is 10.3. The zero-order valence-electron chi connectivity index (χ0n) is 13.6. The number of carbonyl (C=O) groups is 1. The summed E-state index contributed by atoms with van der Waals surface area (Å²) in [5, 5.41) is 15.7. The number of nitrogens with one attached hydrogen (secondary N) is 2. The molecule has 122 valence electrons. The van der Waals surface area contributed by atoms with Gasteiger partial charge >= 0.3 is 6.09 Å². The Morgan fingerprint density at radius 1 is 1.27 bits per heavy atom. The number of alkyl carbamates (subject to hydrolysis) is 1. The van der Waals surface area contributed by atoms with Crippen molar-refractivity contribution in [2.75, 3.05) is 11.9 Å². The van der Waals surface area contributed by atoms with E-state index in [9.17, 15) is 9.90 Å². The molecule has 2 atom stereocenters. The molecule has 3 N–H and O–H groups in total. The minimum absolute atomic E-state index is 0.264. The van der Waals surface area contributed by atoms with Crippen LogP contribution in [0.5, 0.6) is 5.75 Å². The van der Waals surface area contributed by atoms with E-state index in [1.807, 2.05) is 32.9 Å². The Labute approximate surface area is 132 Å². The number of ether oxygens (including phenoxy) is 1. The predicted octanol–water partition coefficient (Wildman–Crippen LogP) is 3.50. The summed E-state index contributed by atoms with van der Waals surface area (Å²) in [6.07, 6.45) is 2.96. The number of anilines is 1. The van der Waals surface area contributed by atoms with Crippen molar-refractivity contribution in [3.63, 3.8) is 0 Å². The van der Waals surface area contributed by atoms with Gasteiger partial charge in [-0.15, -0.1) is 0 Å². The maximum atomic E-state index is 11.7. The molecule has 1 aliphatic rings. The second-order valence-corrected chi connectivity index (χ2v) is 6.87. The van der Waals surface area contributed by atoms with Gasteiger partial charge in [0.05, 0.1) is 0 Å². The number of carbonyl (C=O) groups excluding carboxylic acids is 1. The van der Waals surface area contributed by atoms with Crippen LogP contribution < -0.4 is 10.6 Å². The summed E-state index contributed by atoms with van der Waals surface area (Å²) in [5.74, 6) is 0.654. The summed E-state index contributed by atoms with van der Waals surface area (Å²) in [7, 11) is 0. The van der Waals surface area contributed by atoms with Crippen molar-refractivity contribution in [3.8, 4) is 5.75 Å². The van der Waals surface area contributed by atoms with Crippen LogP contribution in [0.2, 0.25) is 0 Å². The molecule has 0 heterocycles. The lowest BCUT2D eigenvalue weighted by atomic mass is 10.0. The molecule has 22 heavy (non-hydrogen) atoms. The largest absolute Gasteiger partial charge is 0.508 e. The minimum atomic E-state index is -0.469. The topological polar surface area (TPSA) is 70.6 Å². The van der Waals surface area contributed by atoms with Gasteiger partial charge < -0.3 is 20.5 Å². The van der Waals surface area contributed by atoms with Crippen LogP contribution in [0.15, 0.2) is 24.3 Å². The summed E-state index contributed by atoms with van der Waals surface area (Å²) in [4.78, 5) is 11.7. The number of phenols is 1. The summed E-state index contributed by atoms with van der Waals surface area (Å²) < 4.78 is 5.27. The van der Waals surface area contributed by atoms with Crippen molar-refractivity contribution in [3.05, 3.63) is 24.3 Å². The van der Waals surface area contributed by atoms with E-state index in [1.54, 1.807) is 12.1 Å². The second-order valence-electron chi connectivity index (χ2n) is 6.87. The Bertz CT molecular complexity index is 494. The molecule has 0 bridgehead atoms. The first-order valence-electron chi connectivity index (χ1n) is 7.86. The number of rotatable bonds is 4. The van der Waals surface area contributed by atoms with Crippen molar-refractivity contribution in [2.24, 2.45) is 5.92 Å². The van der Waals surface area contributed by atoms with E-state index in [0.29, 0.717) is 18.5 Å². The zero-order chi connectivity index (χ0) is 16.2. The van der Waals surface area contributed by atoms with Crippen LogP contribution in [-0.2, 0) is 4.74 Å². The number of aromatic hydroxyl groups is 1. The van der Waals surface area contributed by atoms with Gasteiger partial charge in [-0.2, -0.15) is 0 Å². The lowest BCUT2D eigenvalue weighted by molar-refractivity contribution is 0.0519. The van der Waals surface area contributed by atoms with Gasteiger partial charge in [-0.25, -0.2) is 4.79 Å². The number of benzene rings is 1. The molecule has 0 aromatic heterocycles. The highest BCUT2D eigenvalue weighted by molar-refractivity contribution is 5.67. The van der Waals surface area contributed by atoms with Gasteiger partial charge in [0.15, 0.2) is 0 Å². The van der Waals surface area contributed by atoms with Gasteiger partial charge in [0.25, 0.3) is 0 Å². The number of amides is 1. The molecular weight excluding hydrogens is 280 g/mol. The molecule has 5 nitrogen and oxygen atoms in total. The van der Waals surface area contributed by atoms with Gasteiger partial charge in [0, 0.05) is 18.3 Å². The van der Waals surface area contributed by atoms with Gasteiger partial charge in [-0.05, 0) is 63.8 Å². The van der Waals surface area contributed by atoms with Crippen LogP contribution in [-0.4, -0.2) is 29.4 Å². The van der Waals surface area contributed by atoms with E-state index in [0.717, 1.165) is 24.9 Å². The summed E-state index contributed by atoms with van der Waals surface area (Å²) >= 11 is 0. The van der Waals surface area contributed by atoms with Crippen molar-refractivity contribution < 1.29 is 14.6 Å². The minimum Gasteiger partial charge on any atom is -0.508 e. The summed E-state index contributed by atoms with van der Waals surface area (Å²) in [5.41, 5.74) is 0.524. The monoisotopic (exact) mass is 306 g/mol. The van der Waals surface area contributed by atoms with E-state index in [2.05, 4.69) is 10.6 Å². The zero-order valence-corrected chi connectivity index (χ0v) is 13.6. The lowest BCUT2D eigenvalue weighted by Crippen LogP contribution is -2.38. The van der Waals surface area contributed by atoms with Crippen LogP contribution >= 0.6 is 0 Å². The van der Waals surface area contributed by atoms with Crippen LogP contribution in [0.4, 0.5) is 10.5 Å². The van der Waals surface area contributed by atoms with Gasteiger partial charge in [0.2, 0.25) is 0 Å². The van der Waals surface area contributed by atoms with Crippen LogP contribution in [0.25, 0.3) is 0 Å². The molecule has 1 fully saturated rings. The maximum absolute atomic E-state index is 11.7. The Kier molecular flexibility index (Phi) is 5.16. The molecule has 1 aromatic carbocycles. The van der Waals surface area contributed by atoms with E-state index < -0.39 is 5.60 Å². The number of hydrogen-bond donors (Lipinski definition) is 3. The standard InChI is InChI=1S/C17H26N2O3/c1-17(2,3)22-16(21)18-11-12-5-4-6-15(12)19-13-7-9-14(20)10-8-13/h7-10,12,15,19-20H,4-6,11H2,1-3H3,(H,18,21). The Balaban J connectivity index is 1.83. The Hall–Kier alpha value is -1.91. The second kappa shape index (κ2) is 6.90. The first-order valence-corrected chi connectivity index (χ1v) is 7.86. The van der Waals surface area contributed by atoms with Gasteiger partial charge in [0.1, 0.15) is 11.4 Å². The molecule has 0 radical (unpaired) electrons. The van der Waals surface area contributed by atoms with Crippen molar-refractivity contribution in [2.45, 2.75) is 51.7 Å². The fourth-order valence-electron chi connectivity index (χ4n) is 2.77. The van der Waals surface area contributed by atoms with E-state index in [1.165, 1.54) is 0 Å². The fraction of sp³-hybridized carbons (Fsp3) is 0.588. The highest BCUT2D eigenvalue weighted by atomic mass is 16.6. The molecule has 5 heteroatoms. The third-order valence-corrected chi connectivity index (χ3v) is 3.79. The normalized spacial score (nSPS) is 21.4. The quantitative estimate of drug-likeness (QED) is 0.745. The molecule has 1 saturated carbocycles. The molecule has 1 aliphatic carbocycles. The highest BCUT2D eigenvalue weighted by Crippen LogP contribution is 2.28. The van der Waals surface area contributed by atoms with Crippen molar-refractivity contribution >= 4 is 11.8 Å². The molecular formula is C17H26N2O3. The van der Waals surface area contributed by atoms with Gasteiger partial charge in [-0.3, -0.25) is 0 Å². The number of hydrogen-bond acceptors (Lipinski definition) is 4. The molecule has 0 saturated heterocycles. The highest BCUT2D eigenvalue weighted by Gasteiger charge is 2.28. The molecule has 0 spiro atoms. The predicted molar refractivity (Wildman–Crippen MR) is 87.1 cm³/mol. The maximum Gasteiger partial charge on any atom is 0.407 e. The molecule has 0 aliphatic heterocycles.